The maximum Gasteiger partial charge on any atom is 0.257 e. The van der Waals surface area contributed by atoms with Gasteiger partial charge in [-0.3, -0.25) is 4.79 Å². The molecule has 4 heteroatoms. The molecule has 0 heterocycles. The van der Waals surface area contributed by atoms with Crippen LogP contribution < -0.4 is 10.6 Å². The third-order valence-corrected chi connectivity index (χ3v) is 3.30. The van der Waals surface area contributed by atoms with E-state index in [0.29, 0.717) is 16.3 Å². The molecule has 0 atom stereocenters. The van der Waals surface area contributed by atoms with Crippen molar-refractivity contribution in [2.24, 2.45) is 0 Å². The van der Waals surface area contributed by atoms with E-state index < -0.39 is 0 Å². The molecule has 0 fully saturated rings. The lowest BCUT2D eigenvalue weighted by atomic mass is 10.1. The molecule has 110 valence electrons. The van der Waals surface area contributed by atoms with Crippen molar-refractivity contribution in [3.8, 4) is 0 Å². The molecule has 0 aliphatic rings. The van der Waals surface area contributed by atoms with Crippen molar-refractivity contribution < 1.29 is 4.79 Å². The molecule has 0 aliphatic heterocycles. The highest BCUT2D eigenvalue weighted by Gasteiger charge is 2.11. The number of hydrogen-bond acceptors (Lipinski definition) is 2. The van der Waals surface area contributed by atoms with Gasteiger partial charge in [-0.1, -0.05) is 30.7 Å². The Hall–Kier alpha value is -2.00. The molecule has 3 nitrogen and oxygen atoms in total. The van der Waals surface area contributed by atoms with Crippen LogP contribution in [0.4, 0.5) is 11.4 Å². The summed E-state index contributed by atoms with van der Waals surface area (Å²) >= 11 is 5.93. The number of carbonyl (C=O) groups excluding carboxylic acids is 1. The largest absolute Gasteiger partial charge is 0.384 e. The molecule has 2 N–H and O–H groups in total. The molecule has 2 rings (SSSR count). The number of nitrogens with one attached hydrogen (secondary N) is 2. The van der Waals surface area contributed by atoms with E-state index in [9.17, 15) is 4.79 Å². The maximum atomic E-state index is 12.4. The summed E-state index contributed by atoms with van der Waals surface area (Å²) in [5, 5.41) is 6.77. The normalized spacial score (nSPS) is 10.2. The van der Waals surface area contributed by atoms with Crippen molar-refractivity contribution >= 4 is 28.9 Å². The highest BCUT2D eigenvalue weighted by molar-refractivity contribution is 6.31. The number of anilines is 2. The standard InChI is InChI=1S/C17H19ClN2O/c1-3-9-19-16-10-12(2)7-8-15(16)17(21)20-14-6-4-5-13(18)11-14/h4-8,10-11,19H,3,9H2,1-2H3,(H,20,21). The van der Waals surface area contributed by atoms with E-state index in [2.05, 4.69) is 17.6 Å². The van der Waals surface area contributed by atoms with Crippen molar-refractivity contribution in [2.75, 3.05) is 17.2 Å². The lowest BCUT2D eigenvalue weighted by molar-refractivity contribution is 0.102. The second-order valence-corrected chi connectivity index (χ2v) is 5.38. The Kier molecular flexibility index (Phi) is 5.23. The lowest BCUT2D eigenvalue weighted by Crippen LogP contribution is -2.15. The Morgan fingerprint density at radius 2 is 2.00 bits per heavy atom. The molecule has 0 saturated heterocycles. The van der Waals surface area contributed by atoms with E-state index in [1.807, 2.05) is 37.3 Å². The Morgan fingerprint density at radius 1 is 1.19 bits per heavy atom. The van der Waals surface area contributed by atoms with Crippen LogP contribution in [0.3, 0.4) is 0 Å². The van der Waals surface area contributed by atoms with Gasteiger partial charge < -0.3 is 10.6 Å². The minimum atomic E-state index is -0.143. The predicted molar refractivity (Wildman–Crippen MR) is 89.4 cm³/mol. The lowest BCUT2D eigenvalue weighted by Gasteiger charge is -2.13. The Bertz CT molecular complexity index is 640. The minimum Gasteiger partial charge on any atom is -0.384 e. The molecule has 0 spiro atoms. The van der Waals surface area contributed by atoms with Gasteiger partial charge in [0.15, 0.2) is 0 Å². The van der Waals surface area contributed by atoms with Crippen LogP contribution in [0.2, 0.25) is 5.02 Å². The van der Waals surface area contributed by atoms with Gasteiger partial charge in [0.2, 0.25) is 0 Å². The first-order chi connectivity index (χ1) is 10.1. The number of hydrogen-bond donors (Lipinski definition) is 2. The molecule has 0 unspecified atom stereocenters. The van der Waals surface area contributed by atoms with Gasteiger partial charge in [0, 0.05) is 22.9 Å². The van der Waals surface area contributed by atoms with Crippen molar-refractivity contribution in [2.45, 2.75) is 20.3 Å². The van der Waals surface area contributed by atoms with Gasteiger partial charge in [0.1, 0.15) is 0 Å². The van der Waals surface area contributed by atoms with E-state index in [0.717, 1.165) is 24.2 Å². The summed E-state index contributed by atoms with van der Waals surface area (Å²) in [5.41, 5.74) is 3.30. The molecule has 0 radical (unpaired) electrons. The van der Waals surface area contributed by atoms with Gasteiger partial charge in [-0.25, -0.2) is 0 Å². The van der Waals surface area contributed by atoms with Gasteiger partial charge in [-0.05, 0) is 49.2 Å². The average molecular weight is 303 g/mol. The van der Waals surface area contributed by atoms with Gasteiger partial charge in [-0.15, -0.1) is 0 Å². The number of rotatable bonds is 5. The summed E-state index contributed by atoms with van der Waals surface area (Å²) in [4.78, 5) is 12.4. The first-order valence-electron chi connectivity index (χ1n) is 7.01. The SMILES string of the molecule is CCCNc1cc(C)ccc1C(=O)Nc1cccc(Cl)c1. The molecule has 2 aromatic carbocycles. The predicted octanol–water partition coefficient (Wildman–Crippen LogP) is 4.72. The Balaban J connectivity index is 2.22. The van der Waals surface area contributed by atoms with Crippen molar-refractivity contribution in [1.82, 2.24) is 0 Å². The van der Waals surface area contributed by atoms with Crippen LogP contribution in [-0.4, -0.2) is 12.5 Å². The van der Waals surface area contributed by atoms with E-state index >= 15 is 0 Å². The van der Waals surface area contributed by atoms with E-state index in [1.165, 1.54) is 0 Å². The van der Waals surface area contributed by atoms with Crippen LogP contribution in [0.5, 0.6) is 0 Å². The average Bonchev–Trinajstić information content (AvgIpc) is 2.45. The summed E-state index contributed by atoms with van der Waals surface area (Å²) in [6, 6.07) is 12.9. The summed E-state index contributed by atoms with van der Waals surface area (Å²) in [5.74, 6) is -0.143. The first-order valence-corrected chi connectivity index (χ1v) is 7.39. The molecule has 1 amide bonds. The zero-order chi connectivity index (χ0) is 15.2. The van der Waals surface area contributed by atoms with E-state index in [-0.39, 0.29) is 5.91 Å². The Labute approximate surface area is 130 Å². The summed E-state index contributed by atoms with van der Waals surface area (Å²) < 4.78 is 0. The van der Waals surface area contributed by atoms with Crippen LogP contribution in [0.15, 0.2) is 42.5 Å². The van der Waals surface area contributed by atoms with Crippen LogP contribution in [0.1, 0.15) is 29.3 Å². The zero-order valence-electron chi connectivity index (χ0n) is 12.2. The number of aryl methyl sites for hydroxylation is 1. The van der Waals surface area contributed by atoms with Gasteiger partial charge in [0.25, 0.3) is 5.91 Å². The molecule has 0 saturated carbocycles. The quantitative estimate of drug-likeness (QED) is 0.839. The Morgan fingerprint density at radius 3 is 2.71 bits per heavy atom. The number of benzene rings is 2. The molecule has 0 aromatic heterocycles. The molecule has 21 heavy (non-hydrogen) atoms. The highest BCUT2D eigenvalue weighted by atomic mass is 35.5. The molecule has 2 aromatic rings. The smallest absolute Gasteiger partial charge is 0.257 e. The van der Waals surface area contributed by atoms with Gasteiger partial charge >= 0.3 is 0 Å². The number of carbonyl (C=O) groups is 1. The van der Waals surface area contributed by atoms with Crippen LogP contribution in [0.25, 0.3) is 0 Å². The van der Waals surface area contributed by atoms with Gasteiger partial charge in [-0.2, -0.15) is 0 Å². The third kappa shape index (κ3) is 4.23. The summed E-state index contributed by atoms with van der Waals surface area (Å²) in [6.07, 6.45) is 1.00. The minimum absolute atomic E-state index is 0.143. The highest BCUT2D eigenvalue weighted by Crippen LogP contribution is 2.21. The topological polar surface area (TPSA) is 41.1 Å². The number of halogens is 1. The molecular weight excluding hydrogens is 284 g/mol. The molecule has 0 aliphatic carbocycles. The van der Waals surface area contributed by atoms with Gasteiger partial charge in [0.05, 0.1) is 5.56 Å². The molecular formula is C17H19ClN2O. The van der Waals surface area contributed by atoms with Crippen LogP contribution in [0, 0.1) is 6.92 Å². The third-order valence-electron chi connectivity index (χ3n) is 3.07. The molecule has 0 bridgehead atoms. The fraction of sp³-hybridized carbons (Fsp3) is 0.235. The van der Waals surface area contributed by atoms with Crippen LogP contribution >= 0.6 is 11.6 Å². The maximum absolute atomic E-state index is 12.4. The fourth-order valence-corrected chi connectivity index (χ4v) is 2.22. The summed E-state index contributed by atoms with van der Waals surface area (Å²) in [6.45, 7) is 4.94. The van der Waals surface area contributed by atoms with Crippen LogP contribution in [-0.2, 0) is 0 Å². The van der Waals surface area contributed by atoms with E-state index in [1.54, 1.807) is 12.1 Å². The zero-order valence-corrected chi connectivity index (χ0v) is 13.0. The fourth-order valence-electron chi connectivity index (χ4n) is 2.03. The monoisotopic (exact) mass is 302 g/mol. The first kappa shape index (κ1) is 15.4. The number of amides is 1. The van der Waals surface area contributed by atoms with Crippen molar-refractivity contribution in [3.05, 3.63) is 58.6 Å². The van der Waals surface area contributed by atoms with E-state index in [4.69, 9.17) is 11.6 Å². The van der Waals surface area contributed by atoms with Crippen molar-refractivity contribution in [1.29, 1.82) is 0 Å². The second kappa shape index (κ2) is 7.14. The summed E-state index contributed by atoms with van der Waals surface area (Å²) in [7, 11) is 0. The second-order valence-electron chi connectivity index (χ2n) is 4.94. The van der Waals surface area contributed by atoms with Crippen molar-refractivity contribution in [3.63, 3.8) is 0 Å².